The van der Waals surface area contributed by atoms with Crippen molar-refractivity contribution < 1.29 is 19.0 Å². The molecule has 0 aliphatic carbocycles. The molecule has 0 atom stereocenters. The lowest BCUT2D eigenvalue weighted by Crippen LogP contribution is -2.38. The number of hydroxylamine groups is 2. The van der Waals surface area contributed by atoms with Gasteiger partial charge in [-0.25, -0.2) is 4.57 Å². The Morgan fingerprint density at radius 1 is 1.33 bits per heavy atom. The molecule has 0 rings (SSSR count). The van der Waals surface area contributed by atoms with Crippen molar-refractivity contribution in [3.63, 3.8) is 0 Å². The van der Waals surface area contributed by atoms with Crippen molar-refractivity contribution in [1.82, 2.24) is 10.4 Å². The molecule has 92 valence electrons. The first-order valence-electron chi connectivity index (χ1n) is 4.97. The topological polar surface area (TPSA) is 82.0 Å². The first-order valence-corrected chi connectivity index (χ1v) is 6.50. The summed E-state index contributed by atoms with van der Waals surface area (Å²) in [6.07, 6.45) is 0. The fourth-order valence-electron chi connectivity index (χ4n) is 0.993. The second-order valence-corrected chi connectivity index (χ2v) is 5.06. The highest BCUT2D eigenvalue weighted by atomic mass is 31.2. The highest BCUT2D eigenvalue weighted by Crippen LogP contribution is 2.37. The van der Waals surface area contributed by atoms with Crippen LogP contribution in [0, 0.1) is 0 Å². The standard InChI is InChI=1S/C8H21N2O4P/c1-7(2)9-5-6-10(8(3)4)14-15(11,12)13/h7-9H,5-6H2,1-4H3,(H2,11,12,13). The zero-order chi connectivity index (χ0) is 12.1. The van der Waals surface area contributed by atoms with E-state index in [9.17, 15) is 4.57 Å². The lowest BCUT2D eigenvalue weighted by atomic mass is 10.3. The van der Waals surface area contributed by atoms with Crippen molar-refractivity contribution >= 4 is 7.82 Å². The van der Waals surface area contributed by atoms with Gasteiger partial charge in [0.2, 0.25) is 0 Å². The Labute approximate surface area is 90.8 Å². The highest BCUT2D eigenvalue weighted by Gasteiger charge is 2.22. The van der Waals surface area contributed by atoms with Gasteiger partial charge in [0.1, 0.15) is 0 Å². The van der Waals surface area contributed by atoms with E-state index in [1.165, 1.54) is 5.06 Å². The zero-order valence-electron chi connectivity index (χ0n) is 9.67. The minimum absolute atomic E-state index is 0.0772. The van der Waals surface area contributed by atoms with Crippen molar-refractivity contribution in [2.75, 3.05) is 13.1 Å². The molecular weight excluding hydrogens is 219 g/mol. The fraction of sp³-hybridized carbons (Fsp3) is 1.00. The van der Waals surface area contributed by atoms with Crippen molar-refractivity contribution in [3.05, 3.63) is 0 Å². The van der Waals surface area contributed by atoms with Gasteiger partial charge < -0.3 is 15.1 Å². The summed E-state index contributed by atoms with van der Waals surface area (Å²) < 4.78 is 15.2. The molecule has 3 N–H and O–H groups in total. The summed E-state index contributed by atoms with van der Waals surface area (Å²) in [7, 11) is -4.44. The summed E-state index contributed by atoms with van der Waals surface area (Å²) in [5.41, 5.74) is 0. The van der Waals surface area contributed by atoms with Gasteiger partial charge in [0.05, 0.1) is 0 Å². The molecule has 0 aliphatic rings. The molecule has 7 heteroatoms. The van der Waals surface area contributed by atoms with Gasteiger partial charge in [-0.2, -0.15) is 9.69 Å². The number of hydrogen-bond donors (Lipinski definition) is 3. The summed E-state index contributed by atoms with van der Waals surface area (Å²) in [4.78, 5) is 17.3. The predicted octanol–water partition coefficient (Wildman–Crippen LogP) is 0.719. The van der Waals surface area contributed by atoms with Crippen LogP contribution in [-0.4, -0.2) is 40.0 Å². The third-order valence-electron chi connectivity index (χ3n) is 1.67. The Hall–Kier alpha value is 0.0300. The molecule has 0 aromatic carbocycles. The summed E-state index contributed by atoms with van der Waals surface area (Å²) in [6, 6.07) is 0.264. The molecule has 0 saturated carbocycles. The molecular formula is C8H21N2O4P. The van der Waals surface area contributed by atoms with Crippen molar-refractivity contribution in [1.29, 1.82) is 0 Å². The van der Waals surface area contributed by atoms with Gasteiger partial charge in [0.25, 0.3) is 0 Å². The van der Waals surface area contributed by atoms with Crippen LogP contribution in [0.15, 0.2) is 0 Å². The molecule has 15 heavy (non-hydrogen) atoms. The zero-order valence-corrected chi connectivity index (χ0v) is 10.6. The van der Waals surface area contributed by atoms with Crippen LogP contribution in [0.3, 0.4) is 0 Å². The number of nitrogens with one attached hydrogen (secondary N) is 1. The van der Waals surface area contributed by atoms with Gasteiger partial charge in [-0.05, 0) is 13.8 Å². The average Bonchev–Trinajstić information content (AvgIpc) is 1.99. The first kappa shape index (κ1) is 15.0. The molecule has 6 nitrogen and oxygen atoms in total. The lowest BCUT2D eigenvalue weighted by molar-refractivity contribution is -0.104. The number of nitrogens with zero attached hydrogens (tertiary/aromatic N) is 1. The maximum atomic E-state index is 10.7. The number of rotatable bonds is 7. The van der Waals surface area contributed by atoms with Gasteiger partial charge in [-0.15, -0.1) is 0 Å². The molecule has 0 fully saturated rings. The van der Waals surface area contributed by atoms with E-state index in [1.807, 2.05) is 27.7 Å². The van der Waals surface area contributed by atoms with E-state index in [-0.39, 0.29) is 6.04 Å². The fourth-order valence-corrected chi connectivity index (χ4v) is 1.54. The SMILES string of the molecule is CC(C)NCCN(OP(=O)(O)O)C(C)C. The summed E-state index contributed by atoms with van der Waals surface area (Å²) >= 11 is 0. The van der Waals surface area contributed by atoms with Crippen LogP contribution in [0.25, 0.3) is 0 Å². The Kier molecular flexibility index (Phi) is 6.59. The minimum atomic E-state index is -4.44. The van der Waals surface area contributed by atoms with Gasteiger partial charge >= 0.3 is 7.82 Å². The molecule has 0 bridgehead atoms. The normalized spacial score (nSPS) is 13.1. The van der Waals surface area contributed by atoms with Crippen LogP contribution in [0.4, 0.5) is 0 Å². The summed E-state index contributed by atoms with van der Waals surface area (Å²) in [6.45, 7) is 8.68. The third kappa shape index (κ3) is 8.99. The van der Waals surface area contributed by atoms with E-state index >= 15 is 0 Å². The number of phosphoric acid groups is 1. The Bertz CT molecular complexity index is 217. The summed E-state index contributed by atoms with van der Waals surface area (Å²) in [5.74, 6) is 0. The Balaban J connectivity index is 4.01. The molecule has 0 aromatic heterocycles. The second-order valence-electron chi connectivity index (χ2n) is 3.92. The van der Waals surface area contributed by atoms with Gasteiger partial charge in [0, 0.05) is 25.2 Å². The van der Waals surface area contributed by atoms with Crippen molar-refractivity contribution in [2.45, 2.75) is 39.8 Å². The summed E-state index contributed by atoms with van der Waals surface area (Å²) in [5, 5.41) is 4.43. The highest BCUT2D eigenvalue weighted by molar-refractivity contribution is 7.46. The van der Waals surface area contributed by atoms with Gasteiger partial charge in [0.15, 0.2) is 0 Å². The molecule has 0 unspecified atom stereocenters. The maximum absolute atomic E-state index is 10.7. The van der Waals surface area contributed by atoms with Crippen LogP contribution < -0.4 is 5.32 Å². The lowest BCUT2D eigenvalue weighted by Gasteiger charge is -2.25. The van der Waals surface area contributed by atoms with Crippen LogP contribution in [0.1, 0.15) is 27.7 Å². The average molecular weight is 240 g/mol. The molecule has 0 saturated heterocycles. The third-order valence-corrected chi connectivity index (χ3v) is 2.09. The van der Waals surface area contributed by atoms with Crippen molar-refractivity contribution in [3.8, 4) is 0 Å². The van der Waals surface area contributed by atoms with E-state index in [2.05, 4.69) is 9.94 Å². The van der Waals surface area contributed by atoms with Crippen molar-refractivity contribution in [2.24, 2.45) is 0 Å². The Morgan fingerprint density at radius 2 is 1.87 bits per heavy atom. The molecule has 0 aromatic rings. The molecule has 0 radical (unpaired) electrons. The largest absolute Gasteiger partial charge is 0.486 e. The van der Waals surface area contributed by atoms with Crippen LogP contribution >= 0.6 is 7.82 Å². The van der Waals surface area contributed by atoms with Crippen LogP contribution in [-0.2, 0) is 9.19 Å². The monoisotopic (exact) mass is 240 g/mol. The van der Waals surface area contributed by atoms with E-state index in [0.29, 0.717) is 19.1 Å². The quantitative estimate of drug-likeness (QED) is 0.449. The maximum Gasteiger partial charge on any atom is 0.486 e. The van der Waals surface area contributed by atoms with Crippen LogP contribution in [0.2, 0.25) is 0 Å². The smallest absolute Gasteiger partial charge is 0.313 e. The van der Waals surface area contributed by atoms with Gasteiger partial charge in [-0.3, -0.25) is 0 Å². The van der Waals surface area contributed by atoms with E-state index in [4.69, 9.17) is 9.79 Å². The van der Waals surface area contributed by atoms with Crippen LogP contribution in [0.5, 0.6) is 0 Å². The van der Waals surface area contributed by atoms with Gasteiger partial charge in [-0.1, -0.05) is 13.8 Å². The molecule has 0 heterocycles. The first-order chi connectivity index (χ1) is 6.72. The number of hydrogen-bond acceptors (Lipinski definition) is 4. The van der Waals surface area contributed by atoms with E-state index in [0.717, 1.165) is 0 Å². The van der Waals surface area contributed by atoms with E-state index in [1.54, 1.807) is 0 Å². The molecule has 0 spiro atoms. The minimum Gasteiger partial charge on any atom is -0.313 e. The predicted molar refractivity (Wildman–Crippen MR) is 58.1 cm³/mol. The molecule has 0 amide bonds. The Morgan fingerprint density at radius 3 is 2.20 bits per heavy atom. The van der Waals surface area contributed by atoms with E-state index < -0.39 is 7.82 Å². The second kappa shape index (κ2) is 6.58. The molecule has 0 aliphatic heterocycles.